The minimum Gasteiger partial charge on any atom is -0.350 e. The van der Waals surface area contributed by atoms with Gasteiger partial charge in [-0.2, -0.15) is 5.10 Å². The number of hydrogen-bond acceptors (Lipinski definition) is 4. The molecule has 0 aliphatic rings. The van der Waals surface area contributed by atoms with E-state index in [0.29, 0.717) is 17.8 Å². The first-order chi connectivity index (χ1) is 15.1. The van der Waals surface area contributed by atoms with Gasteiger partial charge in [0.05, 0.1) is 16.1 Å². The summed E-state index contributed by atoms with van der Waals surface area (Å²) in [6.07, 6.45) is 2.69. The van der Waals surface area contributed by atoms with E-state index in [-0.39, 0.29) is 11.9 Å². The molecule has 2 aromatic carbocycles. The highest BCUT2D eigenvalue weighted by Gasteiger charge is 2.21. The van der Waals surface area contributed by atoms with Gasteiger partial charge in [-0.25, -0.2) is 4.68 Å². The van der Waals surface area contributed by atoms with E-state index in [1.807, 2.05) is 86.3 Å². The van der Waals surface area contributed by atoms with Crippen LogP contribution in [0.3, 0.4) is 0 Å². The second kappa shape index (κ2) is 9.73. The van der Waals surface area contributed by atoms with Crippen molar-refractivity contribution in [2.24, 2.45) is 0 Å². The van der Waals surface area contributed by atoms with E-state index >= 15 is 0 Å². The summed E-state index contributed by atoms with van der Waals surface area (Å²) in [5.41, 5.74) is 3.48. The zero-order valence-electron chi connectivity index (χ0n) is 17.7. The molecule has 2 aromatic heterocycles. The third kappa shape index (κ3) is 5.10. The van der Waals surface area contributed by atoms with Gasteiger partial charge in [0.2, 0.25) is 0 Å². The predicted octanol–water partition coefficient (Wildman–Crippen LogP) is 4.50. The van der Waals surface area contributed by atoms with Gasteiger partial charge in [-0.1, -0.05) is 54.6 Å². The predicted molar refractivity (Wildman–Crippen MR) is 127 cm³/mol. The van der Waals surface area contributed by atoms with Crippen molar-refractivity contribution in [3.05, 3.63) is 95.5 Å². The van der Waals surface area contributed by atoms with Gasteiger partial charge in [0.25, 0.3) is 5.91 Å². The molecule has 4 rings (SSSR count). The molecule has 0 radical (unpaired) electrons. The number of hydrogen-bond donors (Lipinski definition) is 1. The van der Waals surface area contributed by atoms with Crippen molar-refractivity contribution in [2.45, 2.75) is 12.5 Å². The monoisotopic (exact) mass is 430 g/mol. The van der Waals surface area contributed by atoms with Gasteiger partial charge in [-0.3, -0.25) is 4.79 Å². The summed E-state index contributed by atoms with van der Waals surface area (Å²) >= 11 is 1.58. The Morgan fingerprint density at radius 2 is 1.74 bits per heavy atom. The van der Waals surface area contributed by atoms with Gasteiger partial charge >= 0.3 is 0 Å². The number of carbonyl (C=O) groups is 1. The molecule has 6 heteroatoms. The zero-order chi connectivity index (χ0) is 21.6. The summed E-state index contributed by atoms with van der Waals surface area (Å²) in [5, 5.41) is 9.87. The number of likely N-dealkylation sites (N-methyl/N-ethyl adjacent to an activating group) is 1. The van der Waals surface area contributed by atoms with Crippen molar-refractivity contribution in [2.75, 3.05) is 20.6 Å². The molecule has 1 N–H and O–H groups in total. The molecular formula is C25H26N4OS. The van der Waals surface area contributed by atoms with Crippen molar-refractivity contribution in [1.82, 2.24) is 20.0 Å². The van der Waals surface area contributed by atoms with E-state index < -0.39 is 0 Å². The Bertz CT molecular complexity index is 1110. The molecule has 2 heterocycles. The second-order valence-electron chi connectivity index (χ2n) is 7.67. The van der Waals surface area contributed by atoms with Crippen LogP contribution in [0.15, 0.2) is 84.4 Å². The molecule has 158 valence electrons. The van der Waals surface area contributed by atoms with Crippen LogP contribution in [-0.4, -0.2) is 47.3 Å². The largest absolute Gasteiger partial charge is 0.350 e. The Labute approximate surface area is 187 Å². The van der Waals surface area contributed by atoms with Crippen LogP contribution in [0.2, 0.25) is 0 Å². The molecule has 1 unspecified atom stereocenters. The SMILES string of the molecule is CN(C)C(CNC(=O)c1cn(-c2ccccc2)nc1-c1cccs1)Cc1ccccc1. The van der Waals surface area contributed by atoms with Crippen LogP contribution in [0.4, 0.5) is 0 Å². The summed E-state index contributed by atoms with van der Waals surface area (Å²) < 4.78 is 1.78. The van der Waals surface area contributed by atoms with E-state index in [1.54, 1.807) is 16.0 Å². The number of amides is 1. The lowest BCUT2D eigenvalue weighted by molar-refractivity contribution is 0.0942. The first kappa shape index (κ1) is 21.0. The van der Waals surface area contributed by atoms with Crippen LogP contribution in [-0.2, 0) is 6.42 Å². The lowest BCUT2D eigenvalue weighted by Gasteiger charge is -2.24. The Morgan fingerprint density at radius 3 is 2.39 bits per heavy atom. The molecule has 31 heavy (non-hydrogen) atoms. The highest BCUT2D eigenvalue weighted by molar-refractivity contribution is 7.13. The van der Waals surface area contributed by atoms with E-state index in [1.165, 1.54) is 5.56 Å². The normalized spacial score (nSPS) is 12.1. The Balaban J connectivity index is 1.55. The van der Waals surface area contributed by atoms with E-state index in [4.69, 9.17) is 5.10 Å². The highest BCUT2D eigenvalue weighted by Crippen LogP contribution is 2.27. The zero-order valence-corrected chi connectivity index (χ0v) is 18.5. The molecule has 0 spiro atoms. The number of thiophene rings is 1. The number of nitrogens with one attached hydrogen (secondary N) is 1. The van der Waals surface area contributed by atoms with Crippen molar-refractivity contribution in [3.8, 4) is 16.3 Å². The van der Waals surface area contributed by atoms with Crippen molar-refractivity contribution >= 4 is 17.2 Å². The van der Waals surface area contributed by atoms with Gasteiger partial charge in [-0.05, 0) is 49.7 Å². The second-order valence-corrected chi connectivity index (χ2v) is 8.61. The Hall–Kier alpha value is -3.22. The Kier molecular flexibility index (Phi) is 6.60. The molecule has 1 amide bonds. The number of aromatic nitrogens is 2. The molecule has 4 aromatic rings. The average molecular weight is 431 g/mol. The maximum atomic E-state index is 13.2. The molecule has 0 bridgehead atoms. The van der Waals surface area contributed by atoms with Crippen LogP contribution < -0.4 is 5.32 Å². The average Bonchev–Trinajstić information content (AvgIpc) is 3.47. The molecule has 0 fully saturated rings. The summed E-state index contributed by atoms with van der Waals surface area (Å²) in [5.74, 6) is -0.106. The van der Waals surface area contributed by atoms with Crippen LogP contribution in [0, 0.1) is 0 Å². The first-order valence-electron chi connectivity index (χ1n) is 10.3. The van der Waals surface area contributed by atoms with E-state index in [9.17, 15) is 4.79 Å². The smallest absolute Gasteiger partial charge is 0.255 e. The van der Waals surface area contributed by atoms with Crippen molar-refractivity contribution in [3.63, 3.8) is 0 Å². The summed E-state index contributed by atoms with van der Waals surface area (Å²) in [6.45, 7) is 0.557. The third-order valence-corrected chi connectivity index (χ3v) is 6.15. The first-order valence-corrected chi connectivity index (χ1v) is 11.2. The molecule has 5 nitrogen and oxygen atoms in total. The minimum atomic E-state index is -0.106. The van der Waals surface area contributed by atoms with Gasteiger partial charge in [0.1, 0.15) is 5.69 Å². The van der Waals surface area contributed by atoms with Crippen LogP contribution >= 0.6 is 11.3 Å². The van der Waals surface area contributed by atoms with Gasteiger partial charge in [0, 0.05) is 18.8 Å². The Morgan fingerprint density at radius 1 is 1.03 bits per heavy atom. The van der Waals surface area contributed by atoms with Gasteiger partial charge < -0.3 is 10.2 Å². The number of para-hydroxylation sites is 1. The van der Waals surface area contributed by atoms with Crippen LogP contribution in [0.5, 0.6) is 0 Å². The number of carbonyl (C=O) groups excluding carboxylic acids is 1. The fourth-order valence-corrected chi connectivity index (χ4v) is 4.20. The van der Waals surface area contributed by atoms with E-state index in [0.717, 1.165) is 17.0 Å². The summed E-state index contributed by atoms with van der Waals surface area (Å²) in [6, 6.07) is 24.4. The topological polar surface area (TPSA) is 50.2 Å². The fraction of sp³-hybridized carbons (Fsp3) is 0.200. The lowest BCUT2D eigenvalue weighted by atomic mass is 10.0. The third-order valence-electron chi connectivity index (χ3n) is 5.28. The molecule has 0 saturated heterocycles. The highest BCUT2D eigenvalue weighted by atomic mass is 32.1. The summed E-state index contributed by atoms with van der Waals surface area (Å²) in [7, 11) is 4.09. The molecule has 0 saturated carbocycles. The molecular weight excluding hydrogens is 404 g/mol. The number of nitrogens with zero attached hydrogens (tertiary/aromatic N) is 3. The fourth-order valence-electron chi connectivity index (χ4n) is 3.48. The van der Waals surface area contributed by atoms with Gasteiger partial charge in [0.15, 0.2) is 0 Å². The molecule has 1 atom stereocenters. The van der Waals surface area contributed by atoms with Crippen molar-refractivity contribution < 1.29 is 4.79 Å². The molecule has 0 aliphatic carbocycles. The van der Waals surface area contributed by atoms with E-state index in [2.05, 4.69) is 22.3 Å². The lowest BCUT2D eigenvalue weighted by Crippen LogP contribution is -2.41. The standard InChI is InChI=1S/C25H26N4OS/c1-28(2)21(16-19-10-5-3-6-11-19)17-26-25(30)22-18-29(20-12-7-4-8-13-20)27-24(22)23-14-9-15-31-23/h3-15,18,21H,16-17H2,1-2H3,(H,26,30). The summed E-state index contributed by atoms with van der Waals surface area (Å²) in [4.78, 5) is 16.3. The maximum absolute atomic E-state index is 13.2. The van der Waals surface area contributed by atoms with Gasteiger partial charge in [-0.15, -0.1) is 11.3 Å². The maximum Gasteiger partial charge on any atom is 0.255 e. The minimum absolute atomic E-state index is 0.106. The number of benzene rings is 2. The van der Waals surface area contributed by atoms with Crippen LogP contribution in [0.1, 0.15) is 15.9 Å². The molecule has 0 aliphatic heterocycles. The quantitative estimate of drug-likeness (QED) is 0.448. The van der Waals surface area contributed by atoms with Crippen LogP contribution in [0.25, 0.3) is 16.3 Å². The van der Waals surface area contributed by atoms with Crippen molar-refractivity contribution in [1.29, 1.82) is 0 Å². The number of rotatable bonds is 8.